The summed E-state index contributed by atoms with van der Waals surface area (Å²) in [5.41, 5.74) is 2.52. The number of nitrogens with one attached hydrogen (secondary N) is 2. The quantitative estimate of drug-likeness (QED) is 0.635. The molecule has 2 aromatic rings. The van der Waals surface area contributed by atoms with Crippen LogP contribution < -0.4 is 10.6 Å². The van der Waals surface area contributed by atoms with E-state index >= 15 is 0 Å². The second-order valence-corrected chi connectivity index (χ2v) is 6.25. The van der Waals surface area contributed by atoms with Gasteiger partial charge < -0.3 is 10.6 Å². The molecule has 22 heavy (non-hydrogen) atoms. The summed E-state index contributed by atoms with van der Waals surface area (Å²) in [7, 11) is 0. The summed E-state index contributed by atoms with van der Waals surface area (Å²) in [6.45, 7) is 8.58. The van der Waals surface area contributed by atoms with Crippen LogP contribution in [0.25, 0.3) is 0 Å². The van der Waals surface area contributed by atoms with E-state index in [9.17, 15) is 0 Å². The molecule has 0 aliphatic rings. The molecule has 2 N–H and O–H groups in total. The second kappa shape index (κ2) is 8.54. The van der Waals surface area contributed by atoms with Gasteiger partial charge in [-0.1, -0.05) is 31.2 Å². The van der Waals surface area contributed by atoms with Crippen LogP contribution in [0.2, 0.25) is 0 Å². The maximum Gasteiger partial charge on any atom is 0.191 e. The van der Waals surface area contributed by atoms with E-state index in [2.05, 4.69) is 65.6 Å². The molecule has 0 radical (unpaired) electrons. The van der Waals surface area contributed by atoms with Gasteiger partial charge in [-0.25, -0.2) is 9.98 Å². The molecule has 1 heterocycles. The highest BCUT2D eigenvalue weighted by atomic mass is 32.1. The van der Waals surface area contributed by atoms with E-state index < -0.39 is 0 Å². The Bertz CT molecular complexity index is 619. The molecule has 0 amide bonds. The van der Waals surface area contributed by atoms with Gasteiger partial charge in [-0.2, -0.15) is 0 Å². The van der Waals surface area contributed by atoms with Crippen molar-refractivity contribution >= 4 is 17.3 Å². The van der Waals surface area contributed by atoms with Gasteiger partial charge in [0.15, 0.2) is 5.96 Å². The Hall–Kier alpha value is -1.88. The van der Waals surface area contributed by atoms with Gasteiger partial charge in [0.25, 0.3) is 0 Å². The van der Waals surface area contributed by atoms with E-state index in [0.717, 1.165) is 23.9 Å². The number of guanidine groups is 1. The third kappa shape index (κ3) is 4.84. The number of thiazole rings is 1. The zero-order valence-electron chi connectivity index (χ0n) is 13.5. The highest BCUT2D eigenvalue weighted by Crippen LogP contribution is 2.13. The van der Waals surface area contributed by atoms with Crippen LogP contribution in [0, 0.1) is 6.92 Å². The third-order valence-electron chi connectivity index (χ3n) is 3.37. The Labute approximate surface area is 136 Å². The Morgan fingerprint density at radius 1 is 1.23 bits per heavy atom. The van der Waals surface area contributed by atoms with Gasteiger partial charge >= 0.3 is 0 Å². The first-order chi connectivity index (χ1) is 10.7. The topological polar surface area (TPSA) is 49.3 Å². The molecule has 0 saturated heterocycles. The Morgan fingerprint density at radius 3 is 2.73 bits per heavy atom. The first kappa shape index (κ1) is 16.5. The van der Waals surface area contributed by atoms with Crippen molar-refractivity contribution in [3.63, 3.8) is 0 Å². The molecule has 0 saturated carbocycles. The standard InChI is InChI=1S/C17H24N4S/c1-4-15-11-19-16(22-15)12-21-17(18-5-2)20-10-14-9-7-6-8-13(14)3/h6-9,11H,4-5,10,12H2,1-3H3,(H2,18,20,21). The fraction of sp³-hybridized carbons (Fsp3) is 0.412. The zero-order valence-corrected chi connectivity index (χ0v) is 14.3. The summed E-state index contributed by atoms with van der Waals surface area (Å²) in [6.07, 6.45) is 3.00. The number of hydrogen-bond donors (Lipinski definition) is 2. The average molecular weight is 316 g/mol. The summed E-state index contributed by atoms with van der Waals surface area (Å²) < 4.78 is 0. The number of nitrogens with zero attached hydrogens (tertiary/aromatic N) is 2. The van der Waals surface area contributed by atoms with Crippen molar-refractivity contribution in [2.24, 2.45) is 4.99 Å². The molecule has 0 spiro atoms. The van der Waals surface area contributed by atoms with Gasteiger partial charge in [0, 0.05) is 17.6 Å². The van der Waals surface area contributed by atoms with Crippen LogP contribution in [0.5, 0.6) is 0 Å². The molecule has 0 fully saturated rings. The van der Waals surface area contributed by atoms with Gasteiger partial charge in [0.1, 0.15) is 5.01 Å². The monoisotopic (exact) mass is 316 g/mol. The normalized spacial score (nSPS) is 11.5. The molecule has 1 aromatic carbocycles. The smallest absolute Gasteiger partial charge is 0.191 e. The maximum absolute atomic E-state index is 4.66. The largest absolute Gasteiger partial charge is 0.357 e. The van der Waals surface area contributed by atoms with E-state index in [1.807, 2.05) is 6.20 Å². The molecule has 0 aliphatic heterocycles. The van der Waals surface area contributed by atoms with E-state index in [0.29, 0.717) is 13.1 Å². The van der Waals surface area contributed by atoms with Gasteiger partial charge in [-0.15, -0.1) is 11.3 Å². The Balaban J connectivity index is 1.96. The molecule has 0 bridgehead atoms. The van der Waals surface area contributed by atoms with Crippen LogP contribution in [-0.2, 0) is 19.5 Å². The molecule has 0 unspecified atom stereocenters. The lowest BCUT2D eigenvalue weighted by molar-refractivity contribution is 0.811. The molecule has 1 aromatic heterocycles. The maximum atomic E-state index is 4.66. The summed E-state index contributed by atoms with van der Waals surface area (Å²) in [6, 6.07) is 8.35. The predicted molar refractivity (Wildman–Crippen MR) is 94.3 cm³/mol. The molecule has 118 valence electrons. The average Bonchev–Trinajstić information content (AvgIpc) is 2.99. The van der Waals surface area contributed by atoms with Crippen LogP contribution in [0.3, 0.4) is 0 Å². The lowest BCUT2D eigenvalue weighted by Gasteiger charge is -2.10. The minimum Gasteiger partial charge on any atom is -0.357 e. The van der Waals surface area contributed by atoms with Crippen LogP contribution in [0.4, 0.5) is 0 Å². The Kier molecular flexibility index (Phi) is 6.40. The SMILES string of the molecule is CCNC(=NCc1ccccc1C)NCc1ncc(CC)s1. The molecule has 5 heteroatoms. The van der Waals surface area contributed by atoms with Crippen molar-refractivity contribution in [2.45, 2.75) is 40.3 Å². The van der Waals surface area contributed by atoms with Crippen LogP contribution in [0.15, 0.2) is 35.5 Å². The number of aromatic nitrogens is 1. The van der Waals surface area contributed by atoms with E-state index in [1.165, 1.54) is 16.0 Å². The Morgan fingerprint density at radius 2 is 2.05 bits per heavy atom. The number of benzene rings is 1. The molecular weight excluding hydrogens is 292 g/mol. The lowest BCUT2D eigenvalue weighted by Crippen LogP contribution is -2.36. The predicted octanol–water partition coefficient (Wildman–Crippen LogP) is 3.27. The van der Waals surface area contributed by atoms with Crippen LogP contribution in [-0.4, -0.2) is 17.5 Å². The number of aliphatic imine (C=N–C) groups is 1. The summed E-state index contributed by atoms with van der Waals surface area (Å²) in [5, 5.41) is 7.73. The zero-order chi connectivity index (χ0) is 15.8. The van der Waals surface area contributed by atoms with Gasteiger partial charge in [-0.05, 0) is 31.4 Å². The van der Waals surface area contributed by atoms with Crippen molar-refractivity contribution in [2.75, 3.05) is 6.54 Å². The fourth-order valence-electron chi connectivity index (χ4n) is 2.05. The van der Waals surface area contributed by atoms with E-state index in [4.69, 9.17) is 0 Å². The lowest BCUT2D eigenvalue weighted by atomic mass is 10.1. The van der Waals surface area contributed by atoms with E-state index in [-0.39, 0.29) is 0 Å². The van der Waals surface area contributed by atoms with Crippen molar-refractivity contribution < 1.29 is 0 Å². The third-order valence-corrected chi connectivity index (χ3v) is 4.51. The minimum atomic E-state index is 0.681. The first-order valence-corrected chi connectivity index (χ1v) is 8.54. The first-order valence-electron chi connectivity index (χ1n) is 7.73. The van der Waals surface area contributed by atoms with Crippen molar-refractivity contribution in [3.8, 4) is 0 Å². The van der Waals surface area contributed by atoms with E-state index in [1.54, 1.807) is 11.3 Å². The minimum absolute atomic E-state index is 0.681. The molecule has 4 nitrogen and oxygen atoms in total. The van der Waals surface area contributed by atoms with Crippen molar-refractivity contribution in [1.82, 2.24) is 15.6 Å². The number of hydrogen-bond acceptors (Lipinski definition) is 3. The highest BCUT2D eigenvalue weighted by Gasteiger charge is 2.03. The fourth-order valence-corrected chi connectivity index (χ4v) is 2.85. The summed E-state index contributed by atoms with van der Waals surface area (Å²) in [5.74, 6) is 0.832. The molecule has 0 atom stereocenters. The molecule has 0 aliphatic carbocycles. The molecule has 2 rings (SSSR count). The van der Waals surface area contributed by atoms with Gasteiger partial charge in [0.05, 0.1) is 13.1 Å². The van der Waals surface area contributed by atoms with Gasteiger partial charge in [0.2, 0.25) is 0 Å². The van der Waals surface area contributed by atoms with Crippen molar-refractivity contribution in [1.29, 1.82) is 0 Å². The number of rotatable bonds is 6. The van der Waals surface area contributed by atoms with Gasteiger partial charge in [-0.3, -0.25) is 0 Å². The number of aryl methyl sites for hydroxylation is 2. The summed E-state index contributed by atoms with van der Waals surface area (Å²) in [4.78, 5) is 10.4. The van der Waals surface area contributed by atoms with Crippen molar-refractivity contribution in [3.05, 3.63) is 51.5 Å². The summed E-state index contributed by atoms with van der Waals surface area (Å²) >= 11 is 1.75. The highest BCUT2D eigenvalue weighted by molar-refractivity contribution is 7.11. The molecular formula is C17H24N4S. The van der Waals surface area contributed by atoms with Crippen LogP contribution in [0.1, 0.15) is 34.9 Å². The second-order valence-electron chi connectivity index (χ2n) is 5.05. The van der Waals surface area contributed by atoms with Crippen LogP contribution >= 0.6 is 11.3 Å².